The number of ether oxygens (including phenoxy) is 1. The minimum absolute atomic E-state index is 0.323. The second-order valence-electron chi connectivity index (χ2n) is 9.20. The lowest BCUT2D eigenvalue weighted by atomic mass is 9.72. The minimum Gasteiger partial charge on any atom is -0.453 e. The standard InChI is InChI=1S/C28H25F2N5O2/c1-31-21-5-3-4-19(14-21)18-6-8-20(9-7-18)28(10-12-35(13-11-28)27(36)37-2)17-32-26-33-24-15-22(29)23(30)16-25(24)34-26/h3-9,14-16H,10-13,17H2,2H3,(H2,32,33,34). The molecule has 7 nitrogen and oxygen atoms in total. The van der Waals surface area contributed by atoms with Crippen molar-refractivity contribution >= 4 is 28.8 Å². The molecule has 188 valence electrons. The summed E-state index contributed by atoms with van der Waals surface area (Å²) >= 11 is 0. The molecule has 5 rings (SSSR count). The number of carbonyl (C=O) groups excluding carboxylic acids is 1. The predicted molar refractivity (Wildman–Crippen MR) is 138 cm³/mol. The largest absolute Gasteiger partial charge is 0.453 e. The van der Waals surface area contributed by atoms with Crippen molar-refractivity contribution in [3.8, 4) is 11.1 Å². The van der Waals surface area contributed by atoms with E-state index in [0.29, 0.717) is 55.1 Å². The van der Waals surface area contributed by atoms with Crippen molar-refractivity contribution < 1.29 is 18.3 Å². The van der Waals surface area contributed by atoms with Crippen molar-refractivity contribution in [3.63, 3.8) is 0 Å². The van der Waals surface area contributed by atoms with Crippen LogP contribution in [0.2, 0.25) is 0 Å². The van der Waals surface area contributed by atoms with Crippen LogP contribution < -0.4 is 5.32 Å². The highest BCUT2D eigenvalue weighted by Crippen LogP contribution is 2.37. The maximum Gasteiger partial charge on any atom is 0.409 e. The number of hydrogen-bond acceptors (Lipinski definition) is 4. The maximum atomic E-state index is 13.6. The summed E-state index contributed by atoms with van der Waals surface area (Å²) < 4.78 is 32.2. The predicted octanol–water partition coefficient (Wildman–Crippen LogP) is 6.27. The molecular formula is C28H25F2N5O2. The average Bonchev–Trinajstić information content (AvgIpc) is 3.33. The second kappa shape index (κ2) is 9.90. The first kappa shape index (κ1) is 24.3. The lowest BCUT2D eigenvalue weighted by Gasteiger charge is -2.42. The molecule has 0 aliphatic carbocycles. The number of imidazole rings is 1. The van der Waals surface area contributed by atoms with E-state index in [2.05, 4.69) is 32.3 Å². The Morgan fingerprint density at radius 3 is 2.54 bits per heavy atom. The number of carbonyl (C=O) groups is 1. The van der Waals surface area contributed by atoms with Crippen LogP contribution in [-0.4, -0.2) is 47.7 Å². The van der Waals surface area contributed by atoms with Crippen molar-refractivity contribution in [1.82, 2.24) is 14.9 Å². The van der Waals surface area contributed by atoms with Gasteiger partial charge in [0, 0.05) is 37.2 Å². The minimum atomic E-state index is -0.945. The van der Waals surface area contributed by atoms with E-state index in [9.17, 15) is 13.6 Å². The summed E-state index contributed by atoms with van der Waals surface area (Å²) in [6.07, 6.45) is 1.02. The number of anilines is 1. The van der Waals surface area contributed by atoms with Gasteiger partial charge in [0.05, 0.1) is 24.7 Å². The van der Waals surface area contributed by atoms with E-state index in [1.165, 1.54) is 7.11 Å². The number of likely N-dealkylation sites (tertiary alicyclic amines) is 1. The Labute approximate surface area is 212 Å². The molecule has 1 saturated heterocycles. The topological polar surface area (TPSA) is 74.6 Å². The van der Waals surface area contributed by atoms with Gasteiger partial charge in [0.1, 0.15) is 0 Å². The second-order valence-corrected chi connectivity index (χ2v) is 9.20. The SMILES string of the molecule is [C-]#[N+]c1cccc(-c2ccc(C3(CNc4nc5cc(F)c(F)cc5[nH]4)CCN(C(=O)OC)CC3)cc2)c1. The van der Waals surface area contributed by atoms with Crippen molar-refractivity contribution in [2.75, 3.05) is 32.1 Å². The van der Waals surface area contributed by atoms with E-state index in [-0.39, 0.29) is 11.5 Å². The number of nitrogens with zero attached hydrogens (tertiary/aromatic N) is 3. The molecule has 0 spiro atoms. The Bertz CT molecular complexity index is 1450. The molecule has 0 saturated carbocycles. The lowest BCUT2D eigenvalue weighted by Crippen LogP contribution is -2.48. The first-order valence-corrected chi connectivity index (χ1v) is 11.9. The third-order valence-electron chi connectivity index (χ3n) is 7.08. The molecule has 0 radical (unpaired) electrons. The fourth-order valence-electron chi connectivity index (χ4n) is 4.93. The van der Waals surface area contributed by atoms with Crippen molar-refractivity contribution in [2.45, 2.75) is 18.3 Å². The van der Waals surface area contributed by atoms with Crippen molar-refractivity contribution in [3.05, 3.63) is 89.3 Å². The molecule has 1 aliphatic heterocycles. The molecular weight excluding hydrogens is 476 g/mol. The van der Waals surface area contributed by atoms with Crippen LogP contribution in [0.1, 0.15) is 18.4 Å². The van der Waals surface area contributed by atoms with Crippen LogP contribution in [0.5, 0.6) is 0 Å². The summed E-state index contributed by atoms with van der Waals surface area (Å²) in [4.78, 5) is 24.7. The highest BCUT2D eigenvalue weighted by molar-refractivity contribution is 5.77. The van der Waals surface area contributed by atoms with Gasteiger partial charge in [-0.05, 0) is 35.6 Å². The highest BCUT2D eigenvalue weighted by Gasteiger charge is 2.38. The summed E-state index contributed by atoms with van der Waals surface area (Å²) in [5, 5.41) is 3.32. The molecule has 37 heavy (non-hydrogen) atoms. The number of H-pyrrole nitrogens is 1. The molecule has 2 N–H and O–H groups in total. The molecule has 0 bridgehead atoms. The van der Waals surface area contributed by atoms with E-state index in [4.69, 9.17) is 11.3 Å². The van der Waals surface area contributed by atoms with Gasteiger partial charge >= 0.3 is 6.09 Å². The number of piperidine rings is 1. The van der Waals surface area contributed by atoms with Gasteiger partial charge in [-0.2, -0.15) is 0 Å². The van der Waals surface area contributed by atoms with Crippen LogP contribution in [0.4, 0.5) is 25.2 Å². The van der Waals surface area contributed by atoms with Crippen molar-refractivity contribution in [1.29, 1.82) is 0 Å². The zero-order valence-corrected chi connectivity index (χ0v) is 20.2. The Morgan fingerprint density at radius 1 is 1.11 bits per heavy atom. The Hall–Kier alpha value is -4.45. The Kier molecular flexibility index (Phi) is 6.49. The summed E-state index contributed by atoms with van der Waals surface area (Å²) in [5.41, 5.74) is 4.08. The fourth-order valence-corrected chi connectivity index (χ4v) is 4.93. The number of halogens is 2. The first-order chi connectivity index (χ1) is 17.9. The lowest BCUT2D eigenvalue weighted by molar-refractivity contribution is 0.101. The average molecular weight is 502 g/mol. The van der Waals surface area contributed by atoms with Crippen LogP contribution in [0.25, 0.3) is 27.0 Å². The smallest absolute Gasteiger partial charge is 0.409 e. The van der Waals surface area contributed by atoms with Gasteiger partial charge in [0.15, 0.2) is 17.3 Å². The monoisotopic (exact) mass is 501 g/mol. The van der Waals surface area contributed by atoms with Gasteiger partial charge in [-0.15, -0.1) is 0 Å². The first-order valence-electron chi connectivity index (χ1n) is 11.9. The molecule has 1 amide bonds. The van der Waals surface area contributed by atoms with E-state index in [1.54, 1.807) is 11.0 Å². The van der Waals surface area contributed by atoms with Gasteiger partial charge in [0.2, 0.25) is 5.95 Å². The number of nitrogens with one attached hydrogen (secondary N) is 2. The van der Waals surface area contributed by atoms with Crippen LogP contribution in [-0.2, 0) is 10.2 Å². The number of methoxy groups -OCH3 is 1. The van der Waals surface area contributed by atoms with Crippen LogP contribution in [0.15, 0.2) is 60.7 Å². The van der Waals surface area contributed by atoms with E-state index >= 15 is 0 Å². The number of fused-ring (bicyclic) bond motifs is 1. The number of aromatic nitrogens is 2. The summed E-state index contributed by atoms with van der Waals surface area (Å²) in [6, 6.07) is 17.9. The van der Waals surface area contributed by atoms with E-state index in [1.807, 2.05) is 30.3 Å². The summed E-state index contributed by atoms with van der Waals surface area (Å²) in [7, 11) is 1.38. The van der Waals surface area contributed by atoms with E-state index < -0.39 is 11.6 Å². The molecule has 9 heteroatoms. The molecule has 1 aromatic heterocycles. The van der Waals surface area contributed by atoms with Gasteiger partial charge < -0.3 is 19.9 Å². The number of aromatic amines is 1. The molecule has 2 heterocycles. The molecule has 3 aromatic carbocycles. The molecule has 0 unspecified atom stereocenters. The number of benzene rings is 3. The van der Waals surface area contributed by atoms with Crippen LogP contribution in [0.3, 0.4) is 0 Å². The normalized spacial score (nSPS) is 14.8. The van der Waals surface area contributed by atoms with Gasteiger partial charge in [-0.1, -0.05) is 42.5 Å². The molecule has 1 aliphatic rings. The number of rotatable bonds is 5. The quantitative estimate of drug-likeness (QED) is 0.316. The van der Waals surface area contributed by atoms with E-state index in [0.717, 1.165) is 28.8 Å². The molecule has 4 aromatic rings. The Balaban J connectivity index is 1.42. The van der Waals surface area contributed by atoms with Crippen molar-refractivity contribution in [2.24, 2.45) is 0 Å². The Morgan fingerprint density at radius 2 is 1.84 bits per heavy atom. The maximum absolute atomic E-state index is 13.6. The zero-order valence-electron chi connectivity index (χ0n) is 20.2. The zero-order chi connectivity index (χ0) is 26.0. The molecule has 1 fully saturated rings. The third-order valence-corrected chi connectivity index (χ3v) is 7.08. The number of hydrogen-bond donors (Lipinski definition) is 2. The summed E-state index contributed by atoms with van der Waals surface area (Å²) in [5.74, 6) is -1.46. The van der Waals surface area contributed by atoms with Crippen LogP contribution in [0, 0.1) is 18.2 Å². The van der Waals surface area contributed by atoms with Crippen LogP contribution >= 0.6 is 0 Å². The number of amides is 1. The fraction of sp³-hybridized carbons (Fsp3) is 0.250. The highest BCUT2D eigenvalue weighted by atomic mass is 19.2. The third kappa shape index (κ3) is 4.83. The summed E-state index contributed by atoms with van der Waals surface area (Å²) in [6.45, 7) is 8.82. The van der Waals surface area contributed by atoms with Gasteiger partial charge in [-0.3, -0.25) is 0 Å². The molecule has 0 atom stereocenters. The van der Waals surface area contributed by atoms with Gasteiger partial charge in [-0.25, -0.2) is 23.4 Å². The van der Waals surface area contributed by atoms with Gasteiger partial charge in [0.25, 0.3) is 0 Å².